The van der Waals surface area contributed by atoms with Gasteiger partial charge in [0.1, 0.15) is 11.6 Å². The molecule has 0 radical (unpaired) electrons. The number of hydrogen-bond donors (Lipinski definition) is 1. The van der Waals surface area contributed by atoms with E-state index in [-0.39, 0.29) is 5.82 Å². The lowest BCUT2D eigenvalue weighted by atomic mass is 10.2. The standard InChI is InChI=1S/C16H16FN3/c17-13-7-2-1-6-12(13)16-19-14(8-5-10-18)15-9-3-4-11-20(15)16/h1-4,6-7,9,11H,5,8,10,18H2. The van der Waals surface area contributed by atoms with Crippen molar-refractivity contribution in [1.29, 1.82) is 0 Å². The molecular formula is C16H16FN3. The van der Waals surface area contributed by atoms with E-state index >= 15 is 0 Å². The zero-order chi connectivity index (χ0) is 13.9. The average molecular weight is 269 g/mol. The lowest BCUT2D eigenvalue weighted by Gasteiger charge is -2.01. The summed E-state index contributed by atoms with van der Waals surface area (Å²) >= 11 is 0. The van der Waals surface area contributed by atoms with Crippen molar-refractivity contribution in [1.82, 2.24) is 9.38 Å². The summed E-state index contributed by atoms with van der Waals surface area (Å²) in [4.78, 5) is 4.63. The molecule has 3 rings (SSSR count). The van der Waals surface area contributed by atoms with Crippen molar-refractivity contribution in [2.75, 3.05) is 6.54 Å². The number of nitrogens with two attached hydrogens (primary N) is 1. The van der Waals surface area contributed by atoms with Crippen molar-refractivity contribution in [3.8, 4) is 11.4 Å². The van der Waals surface area contributed by atoms with Crippen LogP contribution >= 0.6 is 0 Å². The molecule has 0 aliphatic heterocycles. The SMILES string of the molecule is NCCCc1nc(-c2ccccc2F)n2ccccc12. The first-order valence-electron chi connectivity index (χ1n) is 6.72. The lowest BCUT2D eigenvalue weighted by molar-refractivity contribution is 0.630. The highest BCUT2D eigenvalue weighted by atomic mass is 19.1. The number of halogens is 1. The smallest absolute Gasteiger partial charge is 0.147 e. The summed E-state index contributed by atoms with van der Waals surface area (Å²) in [5, 5.41) is 0. The maximum atomic E-state index is 14.0. The van der Waals surface area contributed by atoms with Gasteiger partial charge in [0.15, 0.2) is 0 Å². The number of aromatic nitrogens is 2. The number of aryl methyl sites for hydroxylation is 1. The summed E-state index contributed by atoms with van der Waals surface area (Å²) < 4.78 is 15.9. The van der Waals surface area contributed by atoms with Gasteiger partial charge >= 0.3 is 0 Å². The summed E-state index contributed by atoms with van der Waals surface area (Å²) in [5.41, 5.74) is 8.07. The molecule has 20 heavy (non-hydrogen) atoms. The van der Waals surface area contributed by atoms with E-state index in [1.54, 1.807) is 12.1 Å². The predicted octanol–water partition coefficient (Wildman–Crippen LogP) is 3.03. The molecule has 0 saturated heterocycles. The van der Waals surface area contributed by atoms with Gasteiger partial charge < -0.3 is 5.73 Å². The first-order chi connectivity index (χ1) is 9.81. The molecule has 0 spiro atoms. The monoisotopic (exact) mass is 269 g/mol. The fourth-order valence-electron chi connectivity index (χ4n) is 2.39. The lowest BCUT2D eigenvalue weighted by Crippen LogP contribution is -2.00. The summed E-state index contributed by atoms with van der Waals surface area (Å²) in [6.07, 6.45) is 3.59. The first kappa shape index (κ1) is 12.8. The van der Waals surface area contributed by atoms with E-state index in [0.29, 0.717) is 17.9 Å². The zero-order valence-electron chi connectivity index (χ0n) is 11.1. The Hall–Kier alpha value is -2.20. The van der Waals surface area contributed by atoms with E-state index in [0.717, 1.165) is 24.1 Å². The number of imidazole rings is 1. The Morgan fingerprint density at radius 2 is 1.90 bits per heavy atom. The second-order valence-corrected chi connectivity index (χ2v) is 4.71. The van der Waals surface area contributed by atoms with Gasteiger partial charge in [0, 0.05) is 6.20 Å². The zero-order valence-corrected chi connectivity index (χ0v) is 11.1. The molecule has 3 nitrogen and oxygen atoms in total. The van der Waals surface area contributed by atoms with Gasteiger partial charge in [-0.15, -0.1) is 0 Å². The Morgan fingerprint density at radius 3 is 2.70 bits per heavy atom. The van der Waals surface area contributed by atoms with Crippen molar-refractivity contribution in [3.05, 3.63) is 60.2 Å². The molecular weight excluding hydrogens is 253 g/mol. The van der Waals surface area contributed by atoms with Crippen LogP contribution in [0.2, 0.25) is 0 Å². The van der Waals surface area contributed by atoms with E-state index in [4.69, 9.17) is 5.73 Å². The minimum atomic E-state index is -0.256. The highest BCUT2D eigenvalue weighted by molar-refractivity contribution is 5.65. The van der Waals surface area contributed by atoms with Crippen LogP contribution in [-0.4, -0.2) is 15.9 Å². The topological polar surface area (TPSA) is 43.3 Å². The molecule has 3 aromatic rings. The van der Waals surface area contributed by atoms with Crippen molar-refractivity contribution < 1.29 is 4.39 Å². The predicted molar refractivity (Wildman–Crippen MR) is 78.0 cm³/mol. The van der Waals surface area contributed by atoms with Gasteiger partial charge in [0.2, 0.25) is 0 Å². The van der Waals surface area contributed by atoms with Crippen LogP contribution in [0.25, 0.3) is 16.9 Å². The molecule has 0 saturated carbocycles. The van der Waals surface area contributed by atoms with Crippen molar-refractivity contribution in [2.24, 2.45) is 5.73 Å². The Bertz CT molecular complexity index is 733. The van der Waals surface area contributed by atoms with Crippen LogP contribution in [0.5, 0.6) is 0 Å². The minimum Gasteiger partial charge on any atom is -0.330 e. The molecule has 0 bridgehead atoms. The number of benzene rings is 1. The third-order valence-corrected chi connectivity index (χ3v) is 3.36. The number of nitrogens with zero attached hydrogens (tertiary/aromatic N) is 2. The first-order valence-corrected chi connectivity index (χ1v) is 6.72. The van der Waals surface area contributed by atoms with Gasteiger partial charge in [-0.3, -0.25) is 4.40 Å². The van der Waals surface area contributed by atoms with Crippen molar-refractivity contribution in [3.63, 3.8) is 0 Å². The number of hydrogen-bond acceptors (Lipinski definition) is 2. The van der Waals surface area contributed by atoms with Crippen molar-refractivity contribution in [2.45, 2.75) is 12.8 Å². The molecule has 102 valence electrons. The molecule has 0 aliphatic carbocycles. The molecule has 1 aromatic carbocycles. The van der Waals surface area contributed by atoms with Gasteiger partial charge in [-0.2, -0.15) is 0 Å². The fraction of sp³-hybridized carbons (Fsp3) is 0.188. The summed E-state index contributed by atoms with van der Waals surface area (Å²) in [6, 6.07) is 12.6. The second-order valence-electron chi connectivity index (χ2n) is 4.71. The Morgan fingerprint density at radius 1 is 1.10 bits per heavy atom. The largest absolute Gasteiger partial charge is 0.330 e. The second kappa shape index (κ2) is 5.43. The molecule has 0 unspecified atom stereocenters. The fourth-order valence-corrected chi connectivity index (χ4v) is 2.39. The van der Waals surface area contributed by atoms with Gasteiger partial charge in [-0.25, -0.2) is 9.37 Å². The molecule has 0 fully saturated rings. The highest BCUT2D eigenvalue weighted by Crippen LogP contribution is 2.25. The average Bonchev–Trinajstić information content (AvgIpc) is 2.84. The number of rotatable bonds is 4. The van der Waals surface area contributed by atoms with E-state index < -0.39 is 0 Å². The molecule has 0 aliphatic rings. The van der Waals surface area contributed by atoms with E-state index in [9.17, 15) is 4.39 Å². The molecule has 2 N–H and O–H groups in total. The summed E-state index contributed by atoms with van der Waals surface area (Å²) in [6.45, 7) is 0.626. The quantitative estimate of drug-likeness (QED) is 0.791. The molecule has 0 atom stereocenters. The highest BCUT2D eigenvalue weighted by Gasteiger charge is 2.14. The normalized spacial score (nSPS) is 11.1. The van der Waals surface area contributed by atoms with E-state index in [1.807, 2.05) is 34.9 Å². The minimum absolute atomic E-state index is 0.256. The van der Waals surface area contributed by atoms with Crippen LogP contribution < -0.4 is 5.73 Å². The molecule has 4 heteroatoms. The van der Waals surface area contributed by atoms with Crippen LogP contribution in [0.15, 0.2) is 48.7 Å². The maximum absolute atomic E-state index is 14.0. The van der Waals surface area contributed by atoms with E-state index in [2.05, 4.69) is 4.98 Å². The van der Waals surface area contributed by atoms with Gasteiger partial charge in [-0.1, -0.05) is 18.2 Å². The molecule has 2 heterocycles. The van der Waals surface area contributed by atoms with Crippen LogP contribution in [0, 0.1) is 5.82 Å². The third kappa shape index (κ3) is 2.18. The van der Waals surface area contributed by atoms with Crippen LogP contribution in [0.1, 0.15) is 12.1 Å². The van der Waals surface area contributed by atoms with Crippen LogP contribution in [-0.2, 0) is 6.42 Å². The van der Waals surface area contributed by atoms with Crippen LogP contribution in [0.3, 0.4) is 0 Å². The van der Waals surface area contributed by atoms with Crippen LogP contribution in [0.4, 0.5) is 4.39 Å². The summed E-state index contributed by atoms with van der Waals surface area (Å²) in [7, 11) is 0. The Kier molecular flexibility index (Phi) is 3.48. The third-order valence-electron chi connectivity index (χ3n) is 3.36. The van der Waals surface area contributed by atoms with Gasteiger partial charge in [0.25, 0.3) is 0 Å². The van der Waals surface area contributed by atoms with Gasteiger partial charge in [-0.05, 0) is 43.7 Å². The molecule has 2 aromatic heterocycles. The molecule has 0 amide bonds. The Labute approximate surface area is 116 Å². The summed E-state index contributed by atoms with van der Waals surface area (Å²) in [5.74, 6) is 0.388. The number of pyridine rings is 1. The Balaban J connectivity index is 2.19. The van der Waals surface area contributed by atoms with Crippen molar-refractivity contribution >= 4 is 5.52 Å². The van der Waals surface area contributed by atoms with Gasteiger partial charge in [0.05, 0.1) is 16.8 Å². The van der Waals surface area contributed by atoms with E-state index in [1.165, 1.54) is 6.07 Å². The maximum Gasteiger partial charge on any atom is 0.147 e. The number of fused-ring (bicyclic) bond motifs is 1.